The second-order valence-electron chi connectivity index (χ2n) is 4.41. The van der Waals surface area contributed by atoms with Crippen molar-refractivity contribution in [3.63, 3.8) is 0 Å². The predicted octanol–water partition coefficient (Wildman–Crippen LogP) is 3.39. The molecule has 0 unspecified atom stereocenters. The van der Waals surface area contributed by atoms with Crippen molar-refractivity contribution in [2.75, 3.05) is 5.32 Å². The molecular formula is C15H13N3O2. The van der Waals surface area contributed by atoms with Gasteiger partial charge in [0.15, 0.2) is 0 Å². The standard InChI is InChI=1S/C15H13N3O2/c1-11-4-2-5-12(8-11)10-17-14-7-3-6-13(9-16)15(14)18(19)20/h2-8,17H,10H2,1H3. The summed E-state index contributed by atoms with van der Waals surface area (Å²) in [5, 5.41) is 23.0. The molecule has 0 saturated heterocycles. The highest BCUT2D eigenvalue weighted by Crippen LogP contribution is 2.28. The summed E-state index contributed by atoms with van der Waals surface area (Å²) in [4.78, 5) is 10.6. The van der Waals surface area contributed by atoms with Crippen LogP contribution in [-0.2, 0) is 6.54 Å². The zero-order valence-corrected chi connectivity index (χ0v) is 11.0. The maximum Gasteiger partial charge on any atom is 0.309 e. The lowest BCUT2D eigenvalue weighted by Crippen LogP contribution is -2.04. The smallest absolute Gasteiger partial charge is 0.309 e. The van der Waals surface area contributed by atoms with Gasteiger partial charge >= 0.3 is 5.69 Å². The van der Waals surface area contributed by atoms with Crippen molar-refractivity contribution >= 4 is 11.4 Å². The first-order valence-electron chi connectivity index (χ1n) is 6.08. The number of aryl methyl sites for hydroxylation is 1. The molecule has 0 atom stereocenters. The van der Waals surface area contributed by atoms with Gasteiger partial charge in [0.1, 0.15) is 17.3 Å². The topological polar surface area (TPSA) is 79.0 Å². The largest absolute Gasteiger partial charge is 0.375 e. The first-order chi connectivity index (χ1) is 9.61. The molecule has 0 spiro atoms. The van der Waals surface area contributed by atoms with Crippen LogP contribution in [0, 0.1) is 28.4 Å². The molecule has 0 aliphatic rings. The van der Waals surface area contributed by atoms with Crippen LogP contribution in [-0.4, -0.2) is 4.92 Å². The number of hydrogen-bond donors (Lipinski definition) is 1. The van der Waals surface area contributed by atoms with E-state index >= 15 is 0 Å². The minimum Gasteiger partial charge on any atom is -0.375 e. The van der Waals surface area contributed by atoms with Crippen molar-refractivity contribution in [1.82, 2.24) is 0 Å². The molecule has 2 aromatic rings. The van der Waals surface area contributed by atoms with Gasteiger partial charge in [0.05, 0.1) is 4.92 Å². The van der Waals surface area contributed by atoms with Crippen LogP contribution in [0.1, 0.15) is 16.7 Å². The van der Waals surface area contributed by atoms with Crippen LogP contribution in [0.2, 0.25) is 0 Å². The molecule has 0 saturated carbocycles. The van der Waals surface area contributed by atoms with E-state index < -0.39 is 4.92 Å². The SMILES string of the molecule is Cc1cccc(CNc2cccc(C#N)c2[N+](=O)[O-])c1. The van der Waals surface area contributed by atoms with Crippen molar-refractivity contribution in [3.05, 3.63) is 69.3 Å². The van der Waals surface area contributed by atoms with Crippen LogP contribution in [0.4, 0.5) is 11.4 Å². The third-order valence-corrected chi connectivity index (χ3v) is 2.90. The van der Waals surface area contributed by atoms with Crippen molar-refractivity contribution in [3.8, 4) is 6.07 Å². The van der Waals surface area contributed by atoms with Gasteiger partial charge in [-0.2, -0.15) is 5.26 Å². The first kappa shape index (κ1) is 13.6. The lowest BCUT2D eigenvalue weighted by Gasteiger charge is -2.08. The molecule has 0 aliphatic carbocycles. The zero-order chi connectivity index (χ0) is 14.5. The number of para-hydroxylation sites is 1. The molecule has 2 aromatic carbocycles. The minimum absolute atomic E-state index is 0.0595. The fourth-order valence-electron chi connectivity index (χ4n) is 1.99. The molecule has 0 fully saturated rings. The van der Waals surface area contributed by atoms with Crippen LogP contribution in [0.5, 0.6) is 0 Å². The molecule has 5 heteroatoms. The Labute approximate surface area is 116 Å². The Bertz CT molecular complexity index is 690. The average molecular weight is 267 g/mol. The van der Waals surface area contributed by atoms with Crippen LogP contribution in [0.3, 0.4) is 0 Å². The highest BCUT2D eigenvalue weighted by Gasteiger charge is 2.19. The number of benzene rings is 2. The third kappa shape index (κ3) is 2.93. The van der Waals surface area contributed by atoms with Crippen molar-refractivity contribution in [2.45, 2.75) is 13.5 Å². The Kier molecular flexibility index (Phi) is 3.96. The summed E-state index contributed by atoms with van der Waals surface area (Å²) in [6.45, 7) is 2.46. The highest BCUT2D eigenvalue weighted by molar-refractivity contribution is 5.68. The molecule has 100 valence electrons. The van der Waals surface area contributed by atoms with Gasteiger partial charge in [-0.15, -0.1) is 0 Å². The lowest BCUT2D eigenvalue weighted by atomic mass is 10.1. The number of nitro benzene ring substituents is 1. The molecule has 0 radical (unpaired) electrons. The molecule has 0 aromatic heterocycles. The van der Waals surface area contributed by atoms with E-state index in [4.69, 9.17) is 5.26 Å². The van der Waals surface area contributed by atoms with Gasteiger partial charge in [-0.1, -0.05) is 35.9 Å². The lowest BCUT2D eigenvalue weighted by molar-refractivity contribution is -0.384. The van der Waals surface area contributed by atoms with Crippen molar-refractivity contribution in [1.29, 1.82) is 5.26 Å². The summed E-state index contributed by atoms with van der Waals surface area (Å²) in [6.07, 6.45) is 0. The number of hydrogen-bond acceptors (Lipinski definition) is 4. The molecule has 0 bridgehead atoms. The summed E-state index contributed by atoms with van der Waals surface area (Å²) in [5.41, 5.74) is 2.40. The van der Waals surface area contributed by atoms with Gasteiger partial charge in [-0.25, -0.2) is 0 Å². The van der Waals surface area contributed by atoms with Gasteiger partial charge in [0, 0.05) is 6.54 Å². The summed E-state index contributed by atoms with van der Waals surface area (Å²) in [5.74, 6) is 0. The monoisotopic (exact) mass is 267 g/mol. The van der Waals surface area contributed by atoms with E-state index in [-0.39, 0.29) is 11.3 Å². The van der Waals surface area contributed by atoms with E-state index in [9.17, 15) is 10.1 Å². The Morgan fingerprint density at radius 1 is 1.30 bits per heavy atom. The second kappa shape index (κ2) is 5.85. The molecule has 0 heterocycles. The van der Waals surface area contributed by atoms with Crippen molar-refractivity contribution in [2.24, 2.45) is 0 Å². The Hall–Kier alpha value is -2.87. The zero-order valence-electron chi connectivity index (χ0n) is 11.0. The van der Waals surface area contributed by atoms with Crippen LogP contribution >= 0.6 is 0 Å². The van der Waals surface area contributed by atoms with Gasteiger partial charge in [0.25, 0.3) is 0 Å². The molecule has 5 nitrogen and oxygen atoms in total. The summed E-state index contributed by atoms with van der Waals surface area (Å²) in [7, 11) is 0. The molecule has 0 aliphatic heterocycles. The van der Waals surface area contributed by atoms with Crippen molar-refractivity contribution < 1.29 is 4.92 Å². The fourth-order valence-corrected chi connectivity index (χ4v) is 1.99. The number of nitrogens with one attached hydrogen (secondary N) is 1. The average Bonchev–Trinajstić information content (AvgIpc) is 2.44. The number of nitriles is 1. The summed E-state index contributed by atoms with van der Waals surface area (Å²) >= 11 is 0. The number of nitro groups is 1. The maximum atomic E-state index is 11.1. The second-order valence-corrected chi connectivity index (χ2v) is 4.41. The summed E-state index contributed by atoms with van der Waals surface area (Å²) in [6, 6.07) is 14.4. The quantitative estimate of drug-likeness (QED) is 0.680. The Morgan fingerprint density at radius 3 is 2.70 bits per heavy atom. The van der Waals surface area contributed by atoms with Gasteiger partial charge in [0.2, 0.25) is 0 Å². The Morgan fingerprint density at radius 2 is 2.05 bits per heavy atom. The third-order valence-electron chi connectivity index (χ3n) is 2.90. The maximum absolute atomic E-state index is 11.1. The highest BCUT2D eigenvalue weighted by atomic mass is 16.6. The van der Waals surface area contributed by atoms with Gasteiger partial charge < -0.3 is 5.32 Å². The Balaban J connectivity index is 2.26. The van der Waals surface area contributed by atoms with E-state index in [1.165, 1.54) is 6.07 Å². The predicted molar refractivity (Wildman–Crippen MR) is 76.3 cm³/mol. The number of rotatable bonds is 4. The molecule has 2 rings (SSSR count). The van der Waals surface area contributed by atoms with Crippen LogP contribution < -0.4 is 5.32 Å². The number of anilines is 1. The number of nitrogens with zero attached hydrogens (tertiary/aromatic N) is 2. The molecular weight excluding hydrogens is 254 g/mol. The van der Waals surface area contributed by atoms with Gasteiger partial charge in [-0.3, -0.25) is 10.1 Å². The van der Waals surface area contributed by atoms with Crippen LogP contribution in [0.15, 0.2) is 42.5 Å². The normalized spacial score (nSPS) is 9.80. The van der Waals surface area contributed by atoms with Crippen LogP contribution in [0.25, 0.3) is 0 Å². The molecule has 20 heavy (non-hydrogen) atoms. The first-order valence-corrected chi connectivity index (χ1v) is 6.08. The molecule has 1 N–H and O–H groups in total. The minimum atomic E-state index is -0.531. The summed E-state index contributed by atoms with van der Waals surface area (Å²) < 4.78 is 0. The van der Waals surface area contributed by atoms with E-state index in [0.29, 0.717) is 12.2 Å². The van der Waals surface area contributed by atoms with E-state index in [1.54, 1.807) is 12.1 Å². The fraction of sp³-hybridized carbons (Fsp3) is 0.133. The van der Waals surface area contributed by atoms with Gasteiger partial charge in [-0.05, 0) is 24.6 Å². The van der Waals surface area contributed by atoms with E-state index in [2.05, 4.69) is 5.32 Å². The molecule has 0 amide bonds. The van der Waals surface area contributed by atoms with E-state index in [1.807, 2.05) is 37.3 Å². The van der Waals surface area contributed by atoms with E-state index in [0.717, 1.165) is 11.1 Å².